The smallest absolute Gasteiger partial charge is 0.339 e. The fourth-order valence-corrected chi connectivity index (χ4v) is 0.598. The summed E-state index contributed by atoms with van der Waals surface area (Å²) in [6.45, 7) is 1.81. The minimum absolute atomic E-state index is 0.0913. The van der Waals surface area contributed by atoms with Crippen molar-refractivity contribution in [2.24, 2.45) is 0 Å². The lowest BCUT2D eigenvalue weighted by Crippen LogP contribution is -1.90. The summed E-state index contributed by atoms with van der Waals surface area (Å²) in [7, 11) is 0. The van der Waals surface area contributed by atoms with E-state index in [2.05, 4.69) is 15.6 Å². The standard InChI is InChI=1S/C7H7NO2/c1-3-5(2)6-4-7(9)10-8-6/h1,4-5,8H,2H3. The highest BCUT2D eigenvalue weighted by Crippen LogP contribution is 2.07. The third kappa shape index (κ3) is 1.11. The summed E-state index contributed by atoms with van der Waals surface area (Å²) in [4.78, 5) is 10.4. The Morgan fingerprint density at radius 2 is 2.60 bits per heavy atom. The van der Waals surface area contributed by atoms with E-state index in [9.17, 15) is 4.79 Å². The molecule has 0 spiro atoms. The van der Waals surface area contributed by atoms with E-state index in [-0.39, 0.29) is 5.92 Å². The lowest BCUT2D eigenvalue weighted by Gasteiger charge is -1.94. The second-order valence-electron chi connectivity index (χ2n) is 2.01. The molecule has 10 heavy (non-hydrogen) atoms. The van der Waals surface area contributed by atoms with Crippen molar-refractivity contribution in [2.75, 3.05) is 0 Å². The van der Waals surface area contributed by atoms with Gasteiger partial charge >= 0.3 is 5.63 Å². The topological polar surface area (TPSA) is 46.0 Å². The molecule has 3 heteroatoms. The number of aromatic nitrogens is 1. The molecule has 1 unspecified atom stereocenters. The average molecular weight is 137 g/mol. The van der Waals surface area contributed by atoms with Crippen molar-refractivity contribution in [1.82, 2.24) is 5.16 Å². The number of terminal acetylenes is 1. The molecule has 0 aliphatic heterocycles. The molecular weight excluding hydrogens is 130 g/mol. The van der Waals surface area contributed by atoms with E-state index in [1.165, 1.54) is 6.07 Å². The summed E-state index contributed by atoms with van der Waals surface area (Å²) < 4.78 is 4.41. The first-order chi connectivity index (χ1) is 4.74. The molecule has 0 bridgehead atoms. The minimum atomic E-state index is -0.392. The normalized spacial score (nSPS) is 12.4. The van der Waals surface area contributed by atoms with Gasteiger partial charge in [-0.2, -0.15) is 0 Å². The van der Waals surface area contributed by atoms with Gasteiger partial charge in [-0.3, -0.25) is 0 Å². The van der Waals surface area contributed by atoms with E-state index in [0.717, 1.165) is 0 Å². The quantitative estimate of drug-likeness (QED) is 0.579. The van der Waals surface area contributed by atoms with Crippen molar-refractivity contribution < 1.29 is 4.52 Å². The molecule has 0 fully saturated rings. The van der Waals surface area contributed by atoms with E-state index < -0.39 is 5.63 Å². The zero-order valence-electron chi connectivity index (χ0n) is 5.55. The summed E-state index contributed by atoms with van der Waals surface area (Å²) in [5.41, 5.74) is 0.254. The second kappa shape index (κ2) is 2.44. The molecule has 0 saturated carbocycles. The van der Waals surface area contributed by atoms with Crippen LogP contribution >= 0.6 is 0 Å². The molecule has 0 radical (unpaired) electrons. The van der Waals surface area contributed by atoms with Crippen LogP contribution in [0.2, 0.25) is 0 Å². The van der Waals surface area contributed by atoms with E-state index in [1.54, 1.807) is 6.92 Å². The Kier molecular flexibility index (Phi) is 1.63. The summed E-state index contributed by atoms with van der Waals surface area (Å²) in [6, 6.07) is 1.35. The van der Waals surface area contributed by atoms with Crippen molar-refractivity contribution in [3.05, 3.63) is 22.2 Å². The van der Waals surface area contributed by atoms with Crippen LogP contribution in [0, 0.1) is 12.3 Å². The predicted molar refractivity (Wildman–Crippen MR) is 36.6 cm³/mol. The monoisotopic (exact) mass is 137 g/mol. The molecule has 1 N–H and O–H groups in total. The van der Waals surface area contributed by atoms with Gasteiger partial charge in [0, 0.05) is 6.07 Å². The van der Waals surface area contributed by atoms with Crippen LogP contribution in [0.15, 0.2) is 15.4 Å². The van der Waals surface area contributed by atoms with Crippen LogP contribution in [0.3, 0.4) is 0 Å². The van der Waals surface area contributed by atoms with Crippen molar-refractivity contribution in [1.29, 1.82) is 0 Å². The van der Waals surface area contributed by atoms with E-state index >= 15 is 0 Å². The van der Waals surface area contributed by atoms with Gasteiger partial charge in [-0.25, -0.2) is 9.95 Å². The number of hydrogen-bond donors (Lipinski definition) is 1. The van der Waals surface area contributed by atoms with Crippen LogP contribution in [0.25, 0.3) is 0 Å². The molecule has 1 heterocycles. The Hall–Kier alpha value is -1.43. The van der Waals surface area contributed by atoms with Crippen molar-refractivity contribution in [2.45, 2.75) is 12.8 Å². The van der Waals surface area contributed by atoms with Gasteiger partial charge < -0.3 is 4.52 Å². The Morgan fingerprint density at radius 1 is 1.90 bits per heavy atom. The van der Waals surface area contributed by atoms with Gasteiger partial charge in [0.25, 0.3) is 0 Å². The van der Waals surface area contributed by atoms with Gasteiger partial charge in [0.2, 0.25) is 0 Å². The third-order valence-electron chi connectivity index (χ3n) is 1.26. The maximum absolute atomic E-state index is 10.4. The summed E-state index contributed by atoms with van der Waals surface area (Å²) in [5, 5.41) is 2.43. The zero-order chi connectivity index (χ0) is 7.56. The lowest BCUT2D eigenvalue weighted by molar-refractivity contribution is 0.384. The molecule has 1 aromatic rings. The number of H-pyrrole nitrogens is 1. The molecule has 0 aliphatic rings. The molecule has 52 valence electrons. The first kappa shape index (κ1) is 6.69. The van der Waals surface area contributed by atoms with Crippen LogP contribution in [0.5, 0.6) is 0 Å². The van der Waals surface area contributed by atoms with Crippen molar-refractivity contribution in [3.63, 3.8) is 0 Å². The Morgan fingerprint density at radius 3 is 3.00 bits per heavy atom. The fraction of sp³-hybridized carbons (Fsp3) is 0.286. The summed E-state index contributed by atoms with van der Waals surface area (Å²) in [6.07, 6.45) is 5.10. The molecule has 1 atom stereocenters. The number of hydrogen-bond acceptors (Lipinski definition) is 2. The van der Waals surface area contributed by atoms with Crippen molar-refractivity contribution in [3.8, 4) is 12.3 Å². The van der Waals surface area contributed by atoms with Crippen LogP contribution in [-0.4, -0.2) is 5.16 Å². The highest BCUT2D eigenvalue weighted by atomic mass is 16.5. The Balaban J connectivity index is 2.98. The minimum Gasteiger partial charge on any atom is -0.339 e. The maximum atomic E-state index is 10.4. The van der Waals surface area contributed by atoms with Crippen LogP contribution in [0.4, 0.5) is 0 Å². The molecule has 0 aliphatic carbocycles. The molecule has 0 aromatic carbocycles. The molecular formula is C7H7NO2. The van der Waals surface area contributed by atoms with E-state index in [1.807, 2.05) is 0 Å². The largest absolute Gasteiger partial charge is 0.357 e. The highest BCUT2D eigenvalue weighted by molar-refractivity contribution is 5.14. The van der Waals surface area contributed by atoms with Crippen LogP contribution in [-0.2, 0) is 0 Å². The molecule has 1 rings (SSSR count). The predicted octanol–water partition coefficient (Wildman–Crippen LogP) is 0.705. The third-order valence-corrected chi connectivity index (χ3v) is 1.26. The van der Waals surface area contributed by atoms with Crippen molar-refractivity contribution >= 4 is 0 Å². The molecule has 0 saturated heterocycles. The maximum Gasteiger partial charge on any atom is 0.357 e. The van der Waals surface area contributed by atoms with Crippen LogP contribution < -0.4 is 5.63 Å². The molecule has 3 nitrogen and oxygen atoms in total. The average Bonchev–Trinajstić information content (AvgIpc) is 2.34. The first-order valence-corrected chi connectivity index (χ1v) is 2.88. The lowest BCUT2D eigenvalue weighted by atomic mass is 10.1. The zero-order valence-corrected chi connectivity index (χ0v) is 5.55. The van der Waals surface area contributed by atoms with Gasteiger partial charge in [0.05, 0.1) is 11.6 Å². The number of rotatable bonds is 1. The van der Waals surface area contributed by atoms with Gasteiger partial charge in [-0.05, 0) is 6.92 Å². The van der Waals surface area contributed by atoms with E-state index in [0.29, 0.717) is 5.69 Å². The number of nitrogens with one attached hydrogen (secondary N) is 1. The van der Waals surface area contributed by atoms with Gasteiger partial charge in [0.1, 0.15) is 0 Å². The first-order valence-electron chi connectivity index (χ1n) is 2.88. The Labute approximate surface area is 58.0 Å². The SMILES string of the molecule is C#CC(C)c1cc(=O)o[nH]1. The second-order valence-corrected chi connectivity index (χ2v) is 2.01. The van der Waals surface area contributed by atoms with Crippen LogP contribution in [0.1, 0.15) is 18.5 Å². The van der Waals surface area contributed by atoms with E-state index in [4.69, 9.17) is 6.42 Å². The fourth-order valence-electron chi connectivity index (χ4n) is 0.598. The van der Waals surface area contributed by atoms with Gasteiger partial charge in [-0.1, -0.05) is 5.92 Å². The summed E-state index contributed by atoms with van der Waals surface area (Å²) in [5.74, 6) is 2.37. The number of aromatic amines is 1. The van der Waals surface area contributed by atoms with Gasteiger partial charge in [-0.15, -0.1) is 6.42 Å². The molecule has 1 aromatic heterocycles. The summed E-state index contributed by atoms with van der Waals surface area (Å²) >= 11 is 0. The highest BCUT2D eigenvalue weighted by Gasteiger charge is 2.03. The van der Waals surface area contributed by atoms with Gasteiger partial charge in [0.15, 0.2) is 0 Å². The molecule has 0 amide bonds. The Bertz CT molecular complexity index is 302.